The van der Waals surface area contributed by atoms with E-state index in [0.29, 0.717) is 16.3 Å². The minimum atomic E-state index is -0.459. The van der Waals surface area contributed by atoms with Crippen LogP contribution >= 0.6 is 11.6 Å². The molecule has 1 heterocycles. The van der Waals surface area contributed by atoms with Gasteiger partial charge in [0.2, 0.25) is 0 Å². The zero-order valence-corrected chi connectivity index (χ0v) is 10.8. The largest absolute Gasteiger partial charge is 0.459 e. The highest BCUT2D eigenvalue weighted by atomic mass is 35.5. The first-order valence-corrected chi connectivity index (χ1v) is 5.82. The zero-order valence-electron chi connectivity index (χ0n) is 10.0. The van der Waals surface area contributed by atoms with Crippen LogP contribution in [-0.4, -0.2) is 26.8 Å². The number of carbonyl (C=O) groups excluding carboxylic acids is 1. The summed E-state index contributed by atoms with van der Waals surface area (Å²) >= 11 is 6.07. The first-order valence-electron chi connectivity index (χ1n) is 5.44. The van der Waals surface area contributed by atoms with Gasteiger partial charge in [-0.05, 0) is 26.0 Å². The first kappa shape index (κ1) is 12.6. The lowest BCUT2D eigenvalue weighted by Crippen LogP contribution is -2.14. The standard InChI is InChI=1S/C12H12ClN3O2/c1-8(2)18-12(17)11-9(13)4-3-5-10(11)16-6-14-15-7-16/h3-8H,1-2H3. The molecule has 0 N–H and O–H groups in total. The molecular formula is C12H12ClN3O2. The van der Waals surface area contributed by atoms with E-state index in [-0.39, 0.29) is 6.10 Å². The maximum absolute atomic E-state index is 12.0. The number of hydrogen-bond acceptors (Lipinski definition) is 4. The maximum atomic E-state index is 12.0. The Kier molecular flexibility index (Phi) is 3.62. The van der Waals surface area contributed by atoms with E-state index in [0.717, 1.165) is 0 Å². The Labute approximate surface area is 109 Å². The Morgan fingerprint density at radius 1 is 1.33 bits per heavy atom. The molecule has 0 unspecified atom stereocenters. The molecular weight excluding hydrogens is 254 g/mol. The Balaban J connectivity index is 2.48. The van der Waals surface area contributed by atoms with Gasteiger partial charge in [-0.15, -0.1) is 10.2 Å². The molecule has 18 heavy (non-hydrogen) atoms. The Morgan fingerprint density at radius 3 is 2.61 bits per heavy atom. The van der Waals surface area contributed by atoms with Crippen LogP contribution in [0.3, 0.4) is 0 Å². The van der Waals surface area contributed by atoms with Gasteiger partial charge in [0.15, 0.2) is 0 Å². The highest BCUT2D eigenvalue weighted by molar-refractivity contribution is 6.34. The number of nitrogens with zero attached hydrogens (tertiary/aromatic N) is 3. The average molecular weight is 266 g/mol. The van der Waals surface area contributed by atoms with Crippen molar-refractivity contribution in [3.63, 3.8) is 0 Å². The molecule has 0 radical (unpaired) electrons. The van der Waals surface area contributed by atoms with E-state index in [9.17, 15) is 4.79 Å². The maximum Gasteiger partial charge on any atom is 0.342 e. The Hall–Kier alpha value is -1.88. The number of benzene rings is 1. The normalized spacial score (nSPS) is 10.7. The summed E-state index contributed by atoms with van der Waals surface area (Å²) in [6.45, 7) is 3.57. The van der Waals surface area contributed by atoms with Gasteiger partial charge in [-0.25, -0.2) is 4.79 Å². The molecule has 2 aromatic rings. The molecule has 2 rings (SSSR count). The van der Waals surface area contributed by atoms with E-state index < -0.39 is 5.97 Å². The molecule has 5 nitrogen and oxygen atoms in total. The minimum Gasteiger partial charge on any atom is -0.459 e. The van der Waals surface area contributed by atoms with Gasteiger partial charge in [0.1, 0.15) is 18.2 Å². The fourth-order valence-electron chi connectivity index (χ4n) is 1.53. The molecule has 94 valence electrons. The number of rotatable bonds is 3. The SMILES string of the molecule is CC(C)OC(=O)c1c(Cl)cccc1-n1cnnc1. The molecule has 0 saturated carbocycles. The van der Waals surface area contributed by atoms with Crippen LogP contribution in [0.25, 0.3) is 5.69 Å². The van der Waals surface area contributed by atoms with E-state index >= 15 is 0 Å². The predicted molar refractivity (Wildman–Crippen MR) is 66.9 cm³/mol. The van der Waals surface area contributed by atoms with Crippen LogP contribution in [0.5, 0.6) is 0 Å². The van der Waals surface area contributed by atoms with Crippen molar-refractivity contribution in [1.82, 2.24) is 14.8 Å². The molecule has 0 fully saturated rings. The molecule has 0 aliphatic carbocycles. The molecule has 1 aromatic heterocycles. The van der Waals surface area contributed by atoms with E-state index in [1.54, 1.807) is 36.6 Å². The summed E-state index contributed by atoms with van der Waals surface area (Å²) in [6.07, 6.45) is 2.79. The summed E-state index contributed by atoms with van der Waals surface area (Å²) in [6, 6.07) is 5.16. The molecule has 0 aliphatic rings. The van der Waals surface area contributed by atoms with Crippen LogP contribution in [0.15, 0.2) is 30.9 Å². The van der Waals surface area contributed by atoms with Crippen molar-refractivity contribution in [3.8, 4) is 5.69 Å². The highest BCUT2D eigenvalue weighted by Gasteiger charge is 2.19. The minimum absolute atomic E-state index is 0.206. The third-order valence-corrected chi connectivity index (χ3v) is 2.55. The summed E-state index contributed by atoms with van der Waals surface area (Å²) in [5.41, 5.74) is 0.908. The third kappa shape index (κ3) is 2.51. The Morgan fingerprint density at radius 2 is 2.00 bits per heavy atom. The molecule has 6 heteroatoms. The second-order valence-corrected chi connectivity index (χ2v) is 4.36. The summed E-state index contributed by atoms with van der Waals surface area (Å²) in [7, 11) is 0. The van der Waals surface area contributed by atoms with E-state index in [2.05, 4.69) is 10.2 Å². The molecule has 1 aromatic carbocycles. The lowest BCUT2D eigenvalue weighted by Gasteiger charge is -2.13. The van der Waals surface area contributed by atoms with Crippen molar-refractivity contribution < 1.29 is 9.53 Å². The summed E-state index contributed by atoms with van der Waals surface area (Å²) in [5.74, 6) is -0.459. The van der Waals surface area contributed by atoms with Crippen LogP contribution in [0, 0.1) is 0 Å². The molecule has 0 aliphatic heterocycles. The fourth-order valence-corrected chi connectivity index (χ4v) is 1.77. The molecule has 0 spiro atoms. The third-order valence-electron chi connectivity index (χ3n) is 2.24. The lowest BCUT2D eigenvalue weighted by atomic mass is 10.1. The second-order valence-electron chi connectivity index (χ2n) is 3.96. The molecule has 0 atom stereocenters. The second kappa shape index (κ2) is 5.18. The smallest absolute Gasteiger partial charge is 0.342 e. The summed E-state index contributed by atoms with van der Waals surface area (Å²) < 4.78 is 6.79. The van der Waals surface area contributed by atoms with Crippen molar-refractivity contribution in [2.45, 2.75) is 20.0 Å². The van der Waals surface area contributed by atoms with Gasteiger partial charge in [-0.2, -0.15) is 0 Å². The van der Waals surface area contributed by atoms with Crippen LogP contribution in [0.1, 0.15) is 24.2 Å². The van der Waals surface area contributed by atoms with E-state index in [1.165, 1.54) is 12.7 Å². The molecule has 0 amide bonds. The van der Waals surface area contributed by atoms with Gasteiger partial charge in [-0.1, -0.05) is 17.7 Å². The number of aromatic nitrogens is 3. The van der Waals surface area contributed by atoms with Crippen molar-refractivity contribution >= 4 is 17.6 Å². The van der Waals surface area contributed by atoms with Crippen molar-refractivity contribution in [2.75, 3.05) is 0 Å². The van der Waals surface area contributed by atoms with Gasteiger partial charge in [-0.3, -0.25) is 4.57 Å². The van der Waals surface area contributed by atoms with Crippen LogP contribution in [0.4, 0.5) is 0 Å². The van der Waals surface area contributed by atoms with Gasteiger partial charge < -0.3 is 4.74 Å². The van der Waals surface area contributed by atoms with Crippen molar-refractivity contribution in [1.29, 1.82) is 0 Å². The van der Waals surface area contributed by atoms with Crippen LogP contribution < -0.4 is 0 Å². The number of halogens is 1. The number of carbonyl (C=O) groups is 1. The number of esters is 1. The first-order chi connectivity index (χ1) is 8.59. The fraction of sp³-hybridized carbons (Fsp3) is 0.250. The predicted octanol–water partition coefficient (Wildman–Crippen LogP) is 2.49. The lowest BCUT2D eigenvalue weighted by molar-refractivity contribution is 0.0378. The molecule has 0 saturated heterocycles. The summed E-state index contributed by atoms with van der Waals surface area (Å²) in [4.78, 5) is 12.0. The van der Waals surface area contributed by atoms with Gasteiger partial charge in [0.05, 0.1) is 16.8 Å². The zero-order chi connectivity index (χ0) is 13.1. The van der Waals surface area contributed by atoms with Crippen LogP contribution in [-0.2, 0) is 4.74 Å². The monoisotopic (exact) mass is 265 g/mol. The Bertz CT molecular complexity index is 552. The van der Waals surface area contributed by atoms with Crippen LogP contribution in [0.2, 0.25) is 5.02 Å². The van der Waals surface area contributed by atoms with Gasteiger partial charge >= 0.3 is 5.97 Å². The topological polar surface area (TPSA) is 57.0 Å². The van der Waals surface area contributed by atoms with E-state index in [4.69, 9.17) is 16.3 Å². The highest BCUT2D eigenvalue weighted by Crippen LogP contribution is 2.24. The number of ether oxygens (including phenoxy) is 1. The van der Waals surface area contributed by atoms with Gasteiger partial charge in [0, 0.05) is 0 Å². The number of hydrogen-bond donors (Lipinski definition) is 0. The molecule has 0 bridgehead atoms. The van der Waals surface area contributed by atoms with E-state index in [1.807, 2.05) is 0 Å². The van der Waals surface area contributed by atoms with Crippen molar-refractivity contribution in [3.05, 3.63) is 41.4 Å². The van der Waals surface area contributed by atoms with Crippen molar-refractivity contribution in [2.24, 2.45) is 0 Å². The average Bonchev–Trinajstić information content (AvgIpc) is 2.80. The van der Waals surface area contributed by atoms with Gasteiger partial charge in [0.25, 0.3) is 0 Å². The quantitative estimate of drug-likeness (QED) is 0.800. The summed E-state index contributed by atoms with van der Waals surface area (Å²) in [5, 5.41) is 7.75.